The number of nitrogen functional groups attached to an aromatic ring is 1. The zero-order valence-corrected chi connectivity index (χ0v) is 11.4. The van der Waals surface area contributed by atoms with Crippen LogP contribution in [0.3, 0.4) is 0 Å². The quantitative estimate of drug-likeness (QED) is 0.714. The highest BCUT2D eigenvalue weighted by molar-refractivity contribution is 5.86. The molecule has 0 unspecified atom stereocenters. The first-order chi connectivity index (χ1) is 9.72. The maximum Gasteiger partial charge on any atom is 0.119 e. The Morgan fingerprint density at radius 1 is 1.20 bits per heavy atom. The Balaban J connectivity index is 1.67. The Bertz CT molecular complexity index is 733. The molecule has 1 aromatic heterocycles. The van der Waals surface area contributed by atoms with Gasteiger partial charge in [0.15, 0.2) is 0 Å². The van der Waals surface area contributed by atoms with Gasteiger partial charge in [-0.25, -0.2) is 4.98 Å². The summed E-state index contributed by atoms with van der Waals surface area (Å²) < 4.78 is 5.73. The second-order valence-electron chi connectivity index (χ2n) is 4.84. The number of aromatic nitrogens is 2. The van der Waals surface area contributed by atoms with E-state index in [1.54, 1.807) is 0 Å². The van der Waals surface area contributed by atoms with Crippen molar-refractivity contribution in [1.29, 1.82) is 0 Å². The number of fused-ring (bicyclic) bond motifs is 1. The van der Waals surface area contributed by atoms with Crippen LogP contribution in [0.1, 0.15) is 11.4 Å². The molecular formula is C16H17N3O. The van der Waals surface area contributed by atoms with E-state index in [1.165, 1.54) is 5.56 Å². The predicted molar refractivity (Wildman–Crippen MR) is 80.9 cm³/mol. The SMILES string of the molecule is Cc1cccc(OCCc2nc3c(N)cccc3[nH]2)c1. The molecule has 0 spiro atoms. The number of imidazole rings is 1. The van der Waals surface area contributed by atoms with Gasteiger partial charge in [-0.1, -0.05) is 18.2 Å². The number of hydrogen-bond acceptors (Lipinski definition) is 3. The summed E-state index contributed by atoms with van der Waals surface area (Å²) >= 11 is 0. The zero-order valence-electron chi connectivity index (χ0n) is 11.4. The van der Waals surface area contributed by atoms with Gasteiger partial charge < -0.3 is 15.5 Å². The van der Waals surface area contributed by atoms with Crippen LogP contribution in [-0.4, -0.2) is 16.6 Å². The number of nitrogens with two attached hydrogens (primary N) is 1. The van der Waals surface area contributed by atoms with Crippen LogP contribution in [0.25, 0.3) is 11.0 Å². The summed E-state index contributed by atoms with van der Waals surface area (Å²) in [5, 5.41) is 0. The third-order valence-corrected chi connectivity index (χ3v) is 3.19. The average Bonchev–Trinajstić information content (AvgIpc) is 2.83. The Hall–Kier alpha value is -2.49. The number of anilines is 1. The van der Waals surface area contributed by atoms with Crippen LogP contribution >= 0.6 is 0 Å². The zero-order chi connectivity index (χ0) is 13.9. The van der Waals surface area contributed by atoms with Gasteiger partial charge in [0.1, 0.15) is 17.1 Å². The van der Waals surface area contributed by atoms with Crippen molar-refractivity contribution in [3.8, 4) is 5.75 Å². The van der Waals surface area contributed by atoms with Gasteiger partial charge in [0.05, 0.1) is 17.8 Å². The molecule has 20 heavy (non-hydrogen) atoms. The number of para-hydroxylation sites is 1. The molecule has 0 radical (unpaired) electrons. The van der Waals surface area contributed by atoms with Crippen molar-refractivity contribution < 1.29 is 4.74 Å². The van der Waals surface area contributed by atoms with Crippen molar-refractivity contribution in [3.05, 3.63) is 53.9 Å². The summed E-state index contributed by atoms with van der Waals surface area (Å²) in [4.78, 5) is 7.76. The van der Waals surface area contributed by atoms with Crippen LogP contribution in [0.15, 0.2) is 42.5 Å². The van der Waals surface area contributed by atoms with Gasteiger partial charge in [-0.15, -0.1) is 0 Å². The maximum atomic E-state index is 5.89. The number of aryl methyl sites for hydroxylation is 1. The summed E-state index contributed by atoms with van der Waals surface area (Å²) in [5.41, 5.74) is 9.58. The van der Waals surface area contributed by atoms with E-state index in [2.05, 4.69) is 23.0 Å². The third-order valence-electron chi connectivity index (χ3n) is 3.19. The van der Waals surface area contributed by atoms with Crippen LogP contribution in [0.4, 0.5) is 5.69 Å². The number of nitrogens with one attached hydrogen (secondary N) is 1. The fraction of sp³-hybridized carbons (Fsp3) is 0.188. The fourth-order valence-electron chi connectivity index (χ4n) is 2.19. The molecule has 4 heteroatoms. The van der Waals surface area contributed by atoms with E-state index in [-0.39, 0.29) is 0 Å². The standard InChI is InChI=1S/C16H17N3O/c1-11-4-2-5-12(10-11)20-9-8-15-18-14-7-3-6-13(17)16(14)19-15/h2-7,10H,8-9,17H2,1H3,(H,18,19). The third kappa shape index (κ3) is 2.59. The molecular weight excluding hydrogens is 250 g/mol. The number of rotatable bonds is 4. The Morgan fingerprint density at radius 3 is 2.85 bits per heavy atom. The van der Waals surface area contributed by atoms with Crippen LogP contribution < -0.4 is 10.5 Å². The summed E-state index contributed by atoms with van der Waals surface area (Å²) in [6.45, 7) is 2.64. The highest BCUT2D eigenvalue weighted by atomic mass is 16.5. The lowest BCUT2D eigenvalue weighted by molar-refractivity contribution is 0.319. The van der Waals surface area contributed by atoms with Crippen LogP contribution in [0.2, 0.25) is 0 Å². The van der Waals surface area contributed by atoms with Crippen molar-refractivity contribution in [2.75, 3.05) is 12.3 Å². The van der Waals surface area contributed by atoms with Crippen molar-refractivity contribution in [2.24, 2.45) is 0 Å². The Morgan fingerprint density at radius 2 is 2.05 bits per heavy atom. The van der Waals surface area contributed by atoms with Gasteiger partial charge in [-0.05, 0) is 36.8 Å². The first kappa shape index (κ1) is 12.5. The minimum atomic E-state index is 0.586. The molecule has 0 atom stereocenters. The Labute approximate surface area is 117 Å². The van der Waals surface area contributed by atoms with Crippen molar-refractivity contribution in [1.82, 2.24) is 9.97 Å². The summed E-state index contributed by atoms with van der Waals surface area (Å²) in [6.07, 6.45) is 0.724. The van der Waals surface area contributed by atoms with E-state index in [1.807, 2.05) is 36.4 Å². The molecule has 0 aliphatic carbocycles. The normalized spacial score (nSPS) is 10.8. The maximum absolute atomic E-state index is 5.89. The average molecular weight is 267 g/mol. The van der Waals surface area contributed by atoms with Crippen molar-refractivity contribution >= 4 is 16.7 Å². The molecule has 0 bridgehead atoms. The highest BCUT2D eigenvalue weighted by Gasteiger charge is 2.05. The molecule has 102 valence electrons. The molecule has 1 heterocycles. The van der Waals surface area contributed by atoms with Gasteiger partial charge in [0.2, 0.25) is 0 Å². The molecule has 4 nitrogen and oxygen atoms in total. The number of nitrogens with zero attached hydrogens (tertiary/aromatic N) is 1. The van der Waals surface area contributed by atoms with Gasteiger partial charge >= 0.3 is 0 Å². The largest absolute Gasteiger partial charge is 0.493 e. The van der Waals surface area contributed by atoms with E-state index in [4.69, 9.17) is 10.5 Å². The summed E-state index contributed by atoms with van der Waals surface area (Å²) in [6, 6.07) is 13.8. The fourth-order valence-corrected chi connectivity index (χ4v) is 2.19. The van der Waals surface area contributed by atoms with Crippen molar-refractivity contribution in [2.45, 2.75) is 13.3 Å². The van der Waals surface area contributed by atoms with Gasteiger partial charge in [0, 0.05) is 6.42 Å². The first-order valence-electron chi connectivity index (χ1n) is 6.65. The minimum absolute atomic E-state index is 0.586. The lowest BCUT2D eigenvalue weighted by Crippen LogP contribution is -2.02. The number of H-pyrrole nitrogens is 1. The summed E-state index contributed by atoms with van der Waals surface area (Å²) in [7, 11) is 0. The molecule has 0 saturated heterocycles. The van der Waals surface area contributed by atoms with E-state index in [9.17, 15) is 0 Å². The van der Waals surface area contributed by atoms with Gasteiger partial charge in [-0.2, -0.15) is 0 Å². The van der Waals surface area contributed by atoms with E-state index in [0.29, 0.717) is 12.3 Å². The predicted octanol–water partition coefficient (Wildman–Crippen LogP) is 3.08. The molecule has 0 aliphatic rings. The number of ether oxygens (including phenoxy) is 1. The van der Waals surface area contributed by atoms with Gasteiger partial charge in [0.25, 0.3) is 0 Å². The lowest BCUT2D eigenvalue weighted by Gasteiger charge is -2.05. The number of hydrogen-bond donors (Lipinski definition) is 2. The van der Waals surface area contributed by atoms with Crippen LogP contribution in [0, 0.1) is 6.92 Å². The van der Waals surface area contributed by atoms with E-state index < -0.39 is 0 Å². The highest BCUT2D eigenvalue weighted by Crippen LogP contribution is 2.18. The number of aromatic amines is 1. The molecule has 0 amide bonds. The monoisotopic (exact) mass is 267 g/mol. The summed E-state index contributed by atoms with van der Waals surface area (Å²) in [5.74, 6) is 1.78. The molecule has 2 aromatic carbocycles. The molecule has 0 fully saturated rings. The lowest BCUT2D eigenvalue weighted by atomic mass is 10.2. The van der Waals surface area contributed by atoms with E-state index >= 15 is 0 Å². The second-order valence-corrected chi connectivity index (χ2v) is 4.84. The topological polar surface area (TPSA) is 63.9 Å². The molecule has 3 rings (SSSR count). The second kappa shape index (κ2) is 5.25. The first-order valence-corrected chi connectivity index (χ1v) is 6.65. The number of benzene rings is 2. The van der Waals surface area contributed by atoms with Crippen molar-refractivity contribution in [3.63, 3.8) is 0 Å². The molecule has 3 N–H and O–H groups in total. The smallest absolute Gasteiger partial charge is 0.119 e. The molecule has 0 aliphatic heterocycles. The minimum Gasteiger partial charge on any atom is -0.493 e. The molecule has 3 aromatic rings. The van der Waals surface area contributed by atoms with Crippen LogP contribution in [-0.2, 0) is 6.42 Å². The molecule has 0 saturated carbocycles. The van der Waals surface area contributed by atoms with Crippen LogP contribution in [0.5, 0.6) is 5.75 Å². The Kier molecular flexibility index (Phi) is 3.29. The van der Waals surface area contributed by atoms with E-state index in [0.717, 1.165) is 29.0 Å². The van der Waals surface area contributed by atoms with Gasteiger partial charge in [-0.3, -0.25) is 0 Å².